The molecule has 0 aliphatic carbocycles. The lowest BCUT2D eigenvalue weighted by Crippen LogP contribution is -2.36. The van der Waals surface area contributed by atoms with Crippen LogP contribution in [0.1, 0.15) is 11.6 Å². The average Bonchev–Trinajstić information content (AvgIpc) is 2.55. The molecule has 2 N–H and O–H groups in total. The molecule has 0 aromatic heterocycles. The van der Waals surface area contributed by atoms with Gasteiger partial charge in [-0.3, -0.25) is 0 Å². The maximum absolute atomic E-state index is 5.99. The molecule has 0 fully saturated rings. The van der Waals surface area contributed by atoms with Crippen molar-refractivity contribution in [2.24, 2.45) is 0 Å². The van der Waals surface area contributed by atoms with Gasteiger partial charge in [0.05, 0.1) is 13.2 Å². The summed E-state index contributed by atoms with van der Waals surface area (Å²) in [5.41, 5.74) is 1.97. The number of rotatable bonds is 6. The first-order chi connectivity index (χ1) is 11.5. The molecule has 0 radical (unpaired) electrons. The van der Waals surface area contributed by atoms with Gasteiger partial charge in [-0.25, -0.2) is 0 Å². The van der Waals surface area contributed by atoms with Gasteiger partial charge in [0.1, 0.15) is 5.75 Å². The van der Waals surface area contributed by atoms with Gasteiger partial charge in [-0.2, -0.15) is 0 Å². The van der Waals surface area contributed by atoms with Gasteiger partial charge in [-0.1, -0.05) is 35.9 Å². The van der Waals surface area contributed by atoms with Crippen molar-refractivity contribution in [3.63, 3.8) is 0 Å². The van der Waals surface area contributed by atoms with Gasteiger partial charge in [0.15, 0.2) is 5.11 Å². The van der Waals surface area contributed by atoms with Crippen LogP contribution in [0.5, 0.6) is 5.75 Å². The van der Waals surface area contributed by atoms with Gasteiger partial charge in [0.25, 0.3) is 0 Å². The molecule has 6 heteroatoms. The van der Waals surface area contributed by atoms with E-state index in [1.54, 1.807) is 7.11 Å². The summed E-state index contributed by atoms with van der Waals surface area (Å²) in [4.78, 5) is 2.13. The predicted octanol–water partition coefficient (Wildman–Crippen LogP) is 3.94. The molecule has 2 aromatic rings. The highest BCUT2D eigenvalue weighted by Gasteiger charge is 2.18. The average molecular weight is 364 g/mol. The molecule has 0 bridgehead atoms. The number of hydrogen-bond donors (Lipinski definition) is 2. The van der Waals surface area contributed by atoms with E-state index in [0.717, 1.165) is 17.0 Å². The fourth-order valence-corrected chi connectivity index (χ4v) is 2.83. The van der Waals surface area contributed by atoms with Crippen molar-refractivity contribution >= 4 is 34.6 Å². The highest BCUT2D eigenvalue weighted by molar-refractivity contribution is 7.80. The number of hydrogen-bond acceptors (Lipinski definition) is 3. The fraction of sp³-hybridized carbons (Fsp3) is 0.278. The highest BCUT2D eigenvalue weighted by atomic mass is 35.5. The molecule has 0 aliphatic heterocycles. The molecule has 4 nitrogen and oxygen atoms in total. The van der Waals surface area contributed by atoms with E-state index in [-0.39, 0.29) is 6.04 Å². The van der Waals surface area contributed by atoms with E-state index in [1.165, 1.54) is 0 Å². The van der Waals surface area contributed by atoms with Crippen molar-refractivity contribution in [1.29, 1.82) is 0 Å². The van der Waals surface area contributed by atoms with E-state index in [1.807, 2.05) is 56.6 Å². The number of para-hydroxylation sites is 1. The molecular formula is C18H22ClN3OS. The molecule has 2 rings (SSSR count). The third-order valence-electron chi connectivity index (χ3n) is 3.66. The van der Waals surface area contributed by atoms with Crippen molar-refractivity contribution in [3.05, 3.63) is 59.1 Å². The van der Waals surface area contributed by atoms with E-state index in [4.69, 9.17) is 28.6 Å². The Balaban J connectivity index is 2.02. The molecule has 0 saturated heterocycles. The number of ether oxygens (including phenoxy) is 1. The van der Waals surface area contributed by atoms with Crippen LogP contribution < -0.4 is 15.4 Å². The largest absolute Gasteiger partial charge is 0.496 e. The zero-order valence-corrected chi connectivity index (χ0v) is 15.6. The van der Waals surface area contributed by atoms with Crippen LogP contribution in [0.2, 0.25) is 5.02 Å². The normalized spacial score (nSPS) is 11.9. The van der Waals surface area contributed by atoms with E-state index < -0.39 is 0 Å². The summed E-state index contributed by atoms with van der Waals surface area (Å²) in [6.45, 7) is 0.653. The Morgan fingerprint density at radius 1 is 1.21 bits per heavy atom. The van der Waals surface area contributed by atoms with Gasteiger partial charge < -0.3 is 20.3 Å². The monoisotopic (exact) mass is 363 g/mol. The van der Waals surface area contributed by atoms with Crippen LogP contribution in [0.3, 0.4) is 0 Å². The molecule has 0 unspecified atom stereocenters. The van der Waals surface area contributed by atoms with Gasteiger partial charge in [-0.15, -0.1) is 0 Å². The molecule has 1 atom stereocenters. The number of thiocarbonyl (C=S) groups is 1. The van der Waals surface area contributed by atoms with Crippen LogP contribution >= 0.6 is 23.8 Å². The smallest absolute Gasteiger partial charge is 0.170 e. The summed E-state index contributed by atoms with van der Waals surface area (Å²) in [7, 11) is 5.75. The van der Waals surface area contributed by atoms with Crippen LogP contribution in [0, 0.1) is 0 Å². The molecule has 0 aliphatic rings. The first kappa shape index (κ1) is 18.5. The molecule has 2 aromatic carbocycles. The topological polar surface area (TPSA) is 36.5 Å². The predicted molar refractivity (Wildman–Crippen MR) is 105 cm³/mol. The van der Waals surface area contributed by atoms with E-state index in [2.05, 4.69) is 21.6 Å². The standard InChI is InChI=1S/C18H22ClN3OS/c1-22(2)16(15-9-4-5-10-17(15)23-3)12-20-18(24)21-14-8-6-7-13(19)11-14/h4-11,16H,12H2,1-3H3,(H2,20,21,24)/t16-/m0/s1. The Morgan fingerprint density at radius 2 is 1.96 bits per heavy atom. The number of anilines is 1. The summed E-state index contributed by atoms with van der Waals surface area (Å²) in [5, 5.41) is 7.63. The van der Waals surface area contributed by atoms with Crippen molar-refractivity contribution in [2.75, 3.05) is 33.1 Å². The number of benzene rings is 2. The minimum absolute atomic E-state index is 0.125. The van der Waals surface area contributed by atoms with Gasteiger partial charge in [0, 0.05) is 22.8 Å². The third kappa shape index (κ3) is 5.09. The number of nitrogens with one attached hydrogen (secondary N) is 2. The molecule has 128 valence electrons. The first-order valence-electron chi connectivity index (χ1n) is 7.61. The molecule has 24 heavy (non-hydrogen) atoms. The maximum Gasteiger partial charge on any atom is 0.170 e. The van der Waals surface area contributed by atoms with E-state index >= 15 is 0 Å². The van der Waals surface area contributed by atoms with Crippen LogP contribution in [-0.4, -0.2) is 37.8 Å². The van der Waals surface area contributed by atoms with Crippen LogP contribution in [0.25, 0.3) is 0 Å². The van der Waals surface area contributed by atoms with Crippen LogP contribution in [0.15, 0.2) is 48.5 Å². The zero-order chi connectivity index (χ0) is 17.5. The number of halogens is 1. The van der Waals surface area contributed by atoms with Crippen LogP contribution in [0.4, 0.5) is 5.69 Å². The molecular weight excluding hydrogens is 342 g/mol. The fourth-order valence-electron chi connectivity index (χ4n) is 2.44. The Bertz CT molecular complexity index is 693. The van der Waals surface area contributed by atoms with Gasteiger partial charge >= 0.3 is 0 Å². The van der Waals surface area contributed by atoms with Crippen molar-refractivity contribution in [3.8, 4) is 5.75 Å². The Hall–Kier alpha value is -1.82. The minimum atomic E-state index is 0.125. The van der Waals surface area contributed by atoms with Crippen molar-refractivity contribution in [2.45, 2.75) is 6.04 Å². The second-order valence-corrected chi connectivity index (χ2v) is 6.41. The zero-order valence-electron chi connectivity index (χ0n) is 14.0. The molecule has 0 heterocycles. The Labute approximate surface area is 153 Å². The first-order valence-corrected chi connectivity index (χ1v) is 8.39. The second-order valence-electron chi connectivity index (χ2n) is 5.57. The Morgan fingerprint density at radius 3 is 2.62 bits per heavy atom. The lowest BCUT2D eigenvalue weighted by molar-refractivity contribution is 0.288. The summed E-state index contributed by atoms with van der Waals surface area (Å²) < 4.78 is 5.47. The SMILES string of the molecule is COc1ccccc1[C@H](CNC(=S)Nc1cccc(Cl)c1)N(C)C. The molecule has 0 spiro atoms. The maximum atomic E-state index is 5.99. The lowest BCUT2D eigenvalue weighted by atomic mass is 10.0. The van der Waals surface area contributed by atoms with Crippen LogP contribution in [-0.2, 0) is 0 Å². The lowest BCUT2D eigenvalue weighted by Gasteiger charge is -2.27. The summed E-state index contributed by atoms with van der Waals surface area (Å²) in [6, 6.07) is 15.6. The van der Waals surface area contributed by atoms with Crippen molar-refractivity contribution < 1.29 is 4.74 Å². The number of nitrogens with zero attached hydrogens (tertiary/aromatic N) is 1. The molecule has 0 amide bonds. The number of methoxy groups -OCH3 is 1. The van der Waals surface area contributed by atoms with E-state index in [0.29, 0.717) is 16.7 Å². The Kier molecular flexibility index (Phi) is 6.85. The third-order valence-corrected chi connectivity index (χ3v) is 4.14. The quantitative estimate of drug-likeness (QED) is 0.760. The summed E-state index contributed by atoms with van der Waals surface area (Å²) in [6.07, 6.45) is 0. The molecule has 0 saturated carbocycles. The summed E-state index contributed by atoms with van der Waals surface area (Å²) >= 11 is 11.4. The van der Waals surface area contributed by atoms with Gasteiger partial charge in [0.2, 0.25) is 0 Å². The van der Waals surface area contributed by atoms with E-state index in [9.17, 15) is 0 Å². The highest BCUT2D eigenvalue weighted by Crippen LogP contribution is 2.27. The second kappa shape index (κ2) is 8.87. The van der Waals surface area contributed by atoms with Gasteiger partial charge in [-0.05, 0) is 50.6 Å². The summed E-state index contributed by atoms with van der Waals surface area (Å²) in [5.74, 6) is 0.867. The number of likely N-dealkylation sites (N-methyl/N-ethyl adjacent to an activating group) is 1. The van der Waals surface area contributed by atoms with Crippen molar-refractivity contribution in [1.82, 2.24) is 10.2 Å². The minimum Gasteiger partial charge on any atom is -0.496 e.